The molecule has 0 aromatic rings. The topological polar surface area (TPSA) is 69.6 Å². The predicted molar refractivity (Wildman–Crippen MR) is 207 cm³/mol. The van der Waals surface area contributed by atoms with Gasteiger partial charge in [-0.25, -0.2) is 0 Å². The highest BCUT2D eigenvalue weighted by Crippen LogP contribution is 2.15. The smallest absolute Gasteiger partial charge is 0.220 e. The van der Waals surface area contributed by atoms with E-state index in [2.05, 4.69) is 43.5 Å². The summed E-state index contributed by atoms with van der Waals surface area (Å²) < 4.78 is 0. The zero-order valence-corrected chi connectivity index (χ0v) is 31.8. The van der Waals surface area contributed by atoms with Crippen molar-refractivity contribution in [3.8, 4) is 0 Å². The summed E-state index contributed by atoms with van der Waals surface area (Å²) in [4.78, 5) is 12.3. The highest BCUT2D eigenvalue weighted by atomic mass is 16.3. The number of unbranched alkanes of at least 4 members (excludes halogenated alkanes) is 27. The Balaban J connectivity index is 3.49. The lowest BCUT2D eigenvalue weighted by Crippen LogP contribution is -2.45. The molecule has 278 valence electrons. The van der Waals surface area contributed by atoms with Crippen molar-refractivity contribution in [1.29, 1.82) is 0 Å². The van der Waals surface area contributed by atoms with E-state index in [9.17, 15) is 15.0 Å². The molecule has 0 heterocycles. The van der Waals surface area contributed by atoms with Gasteiger partial charge in [-0.2, -0.15) is 0 Å². The van der Waals surface area contributed by atoms with Crippen molar-refractivity contribution in [3.05, 3.63) is 24.3 Å². The molecule has 0 aromatic heterocycles. The van der Waals surface area contributed by atoms with E-state index < -0.39 is 12.1 Å². The van der Waals surface area contributed by atoms with Crippen molar-refractivity contribution in [1.82, 2.24) is 5.32 Å². The first kappa shape index (κ1) is 45.9. The molecule has 47 heavy (non-hydrogen) atoms. The standard InChI is InChI=1S/C43H83NO3/c1-3-5-7-9-11-13-15-16-17-18-19-20-21-22-23-24-25-26-27-28-29-31-33-35-37-39-43(47)44-41(40-45)42(46)38-36-34-32-30-14-12-10-8-6-4-2/h19-20,22-23,41-42,45-46H,3-18,21,24-40H2,1-2H3,(H,44,47)/b20-19-,23-22-. The first-order valence-corrected chi connectivity index (χ1v) is 21.0. The Labute approximate surface area is 294 Å². The molecule has 0 aliphatic heterocycles. The van der Waals surface area contributed by atoms with Crippen LogP contribution in [-0.4, -0.2) is 34.9 Å². The molecule has 4 nitrogen and oxygen atoms in total. The first-order chi connectivity index (χ1) is 23.2. The van der Waals surface area contributed by atoms with Gasteiger partial charge in [-0.15, -0.1) is 0 Å². The van der Waals surface area contributed by atoms with Gasteiger partial charge in [0.2, 0.25) is 5.91 Å². The number of nitrogens with one attached hydrogen (secondary N) is 1. The minimum Gasteiger partial charge on any atom is -0.394 e. The minimum absolute atomic E-state index is 0.0367. The number of allylic oxidation sites excluding steroid dienone is 4. The van der Waals surface area contributed by atoms with Crippen molar-refractivity contribution in [2.24, 2.45) is 0 Å². The van der Waals surface area contributed by atoms with Gasteiger partial charge in [0.15, 0.2) is 0 Å². The summed E-state index contributed by atoms with van der Waals surface area (Å²) in [5.41, 5.74) is 0. The number of carbonyl (C=O) groups is 1. The summed E-state index contributed by atoms with van der Waals surface area (Å²) in [6, 6.07) is -0.535. The number of hydrogen-bond acceptors (Lipinski definition) is 3. The third-order valence-electron chi connectivity index (χ3n) is 9.72. The van der Waals surface area contributed by atoms with Crippen molar-refractivity contribution in [2.75, 3.05) is 6.61 Å². The van der Waals surface area contributed by atoms with Crippen molar-refractivity contribution in [2.45, 2.75) is 238 Å². The van der Waals surface area contributed by atoms with Gasteiger partial charge in [-0.05, 0) is 44.9 Å². The zero-order chi connectivity index (χ0) is 34.3. The molecule has 0 aliphatic rings. The van der Waals surface area contributed by atoms with Crippen LogP contribution < -0.4 is 5.32 Å². The lowest BCUT2D eigenvalue weighted by molar-refractivity contribution is -0.123. The second kappa shape index (κ2) is 39.3. The quantitative estimate of drug-likeness (QED) is 0.0455. The van der Waals surface area contributed by atoms with E-state index in [0.29, 0.717) is 12.8 Å². The van der Waals surface area contributed by atoms with Crippen LogP contribution in [0.1, 0.15) is 226 Å². The van der Waals surface area contributed by atoms with Gasteiger partial charge in [-0.1, -0.05) is 199 Å². The summed E-state index contributed by atoms with van der Waals surface area (Å²) in [5.74, 6) is -0.0367. The minimum atomic E-state index is -0.657. The maximum Gasteiger partial charge on any atom is 0.220 e. The fourth-order valence-electron chi connectivity index (χ4n) is 6.45. The Morgan fingerprint density at radius 1 is 0.511 bits per heavy atom. The van der Waals surface area contributed by atoms with Crippen LogP contribution in [0, 0.1) is 0 Å². The second-order valence-corrected chi connectivity index (χ2v) is 14.4. The largest absolute Gasteiger partial charge is 0.394 e. The third kappa shape index (κ3) is 36.0. The molecule has 0 saturated carbocycles. The number of rotatable bonds is 38. The van der Waals surface area contributed by atoms with Crippen LogP contribution in [0.15, 0.2) is 24.3 Å². The molecule has 0 aliphatic carbocycles. The molecule has 0 rings (SSSR count). The van der Waals surface area contributed by atoms with Gasteiger partial charge in [-0.3, -0.25) is 4.79 Å². The Bertz CT molecular complexity index is 676. The van der Waals surface area contributed by atoms with Crippen LogP contribution in [0.4, 0.5) is 0 Å². The molecule has 2 unspecified atom stereocenters. The molecule has 1 amide bonds. The van der Waals surface area contributed by atoms with E-state index >= 15 is 0 Å². The van der Waals surface area contributed by atoms with Crippen LogP contribution in [-0.2, 0) is 4.79 Å². The molecule has 3 N–H and O–H groups in total. The first-order valence-electron chi connectivity index (χ1n) is 21.0. The van der Waals surface area contributed by atoms with Gasteiger partial charge < -0.3 is 15.5 Å². The number of amides is 1. The predicted octanol–water partition coefficient (Wildman–Crippen LogP) is 12.8. The summed E-state index contributed by atoms with van der Waals surface area (Å²) in [6.45, 7) is 4.34. The summed E-state index contributed by atoms with van der Waals surface area (Å²) >= 11 is 0. The van der Waals surface area contributed by atoms with Crippen LogP contribution in [0.25, 0.3) is 0 Å². The number of hydrogen-bond donors (Lipinski definition) is 3. The highest BCUT2D eigenvalue weighted by molar-refractivity contribution is 5.76. The SMILES string of the molecule is CCCCCCCCCCC/C=C\C/C=C\CCCCCCCCCCCC(=O)NC(CO)C(O)CCCCCCCCCCCC. The zero-order valence-electron chi connectivity index (χ0n) is 31.8. The summed E-state index contributed by atoms with van der Waals surface area (Å²) in [7, 11) is 0. The molecule has 0 bridgehead atoms. The normalized spacial score (nSPS) is 13.2. The Morgan fingerprint density at radius 3 is 1.28 bits per heavy atom. The summed E-state index contributed by atoms with van der Waals surface area (Å²) in [5, 5.41) is 23.0. The lowest BCUT2D eigenvalue weighted by Gasteiger charge is -2.22. The van der Waals surface area contributed by atoms with E-state index in [1.165, 1.54) is 167 Å². The van der Waals surface area contributed by atoms with Gasteiger partial charge >= 0.3 is 0 Å². The molecule has 0 aromatic carbocycles. The van der Waals surface area contributed by atoms with E-state index in [1.54, 1.807) is 0 Å². The Hall–Kier alpha value is -1.13. The fourth-order valence-corrected chi connectivity index (χ4v) is 6.45. The van der Waals surface area contributed by atoms with Gasteiger partial charge in [0.05, 0.1) is 18.8 Å². The fraction of sp³-hybridized carbons (Fsp3) is 0.884. The number of aliphatic hydroxyl groups excluding tert-OH is 2. The maximum absolute atomic E-state index is 12.3. The molecule has 0 radical (unpaired) electrons. The van der Waals surface area contributed by atoms with Crippen molar-refractivity contribution >= 4 is 5.91 Å². The van der Waals surface area contributed by atoms with Gasteiger partial charge in [0.25, 0.3) is 0 Å². The van der Waals surface area contributed by atoms with E-state index in [1.807, 2.05) is 0 Å². The van der Waals surface area contributed by atoms with Crippen molar-refractivity contribution in [3.63, 3.8) is 0 Å². The molecule has 4 heteroatoms. The summed E-state index contributed by atoms with van der Waals surface area (Å²) in [6.07, 6.45) is 49.7. The monoisotopic (exact) mass is 662 g/mol. The second-order valence-electron chi connectivity index (χ2n) is 14.4. The number of aliphatic hydroxyl groups is 2. The molecule has 0 spiro atoms. The third-order valence-corrected chi connectivity index (χ3v) is 9.72. The van der Waals surface area contributed by atoms with Crippen molar-refractivity contribution < 1.29 is 15.0 Å². The average Bonchev–Trinajstić information content (AvgIpc) is 3.07. The molecule has 0 saturated heterocycles. The van der Waals surface area contributed by atoms with E-state index in [4.69, 9.17) is 0 Å². The maximum atomic E-state index is 12.3. The average molecular weight is 662 g/mol. The van der Waals surface area contributed by atoms with E-state index in [0.717, 1.165) is 32.1 Å². The highest BCUT2D eigenvalue weighted by Gasteiger charge is 2.19. The molecular weight excluding hydrogens is 578 g/mol. The molecular formula is C43H83NO3. The van der Waals surface area contributed by atoms with Gasteiger partial charge in [0, 0.05) is 6.42 Å². The Morgan fingerprint density at radius 2 is 0.872 bits per heavy atom. The van der Waals surface area contributed by atoms with Crippen LogP contribution in [0.5, 0.6) is 0 Å². The molecule has 2 atom stereocenters. The van der Waals surface area contributed by atoms with E-state index in [-0.39, 0.29) is 12.5 Å². The number of carbonyl (C=O) groups excluding carboxylic acids is 1. The lowest BCUT2D eigenvalue weighted by atomic mass is 10.0. The van der Waals surface area contributed by atoms with Crippen LogP contribution >= 0.6 is 0 Å². The van der Waals surface area contributed by atoms with Gasteiger partial charge in [0.1, 0.15) is 0 Å². The molecule has 0 fully saturated rings. The Kier molecular flexibility index (Phi) is 38.4. The van der Waals surface area contributed by atoms with Crippen LogP contribution in [0.2, 0.25) is 0 Å². The van der Waals surface area contributed by atoms with Crippen LogP contribution in [0.3, 0.4) is 0 Å².